The van der Waals surface area contributed by atoms with E-state index in [0.29, 0.717) is 5.82 Å². The summed E-state index contributed by atoms with van der Waals surface area (Å²) in [6.45, 7) is 7.42. The zero-order chi connectivity index (χ0) is 14.6. The smallest absolute Gasteiger partial charge is 0.337 e. The molecule has 1 rings (SSSR count). The Morgan fingerprint density at radius 1 is 1.32 bits per heavy atom. The molecule has 1 amide bonds. The second-order valence-corrected chi connectivity index (χ2v) is 5.34. The predicted molar refractivity (Wildman–Crippen MR) is 72.2 cm³/mol. The van der Waals surface area contributed by atoms with Gasteiger partial charge < -0.3 is 15.7 Å². The highest BCUT2D eigenvalue weighted by molar-refractivity contribution is 5.87. The van der Waals surface area contributed by atoms with Crippen molar-refractivity contribution in [1.29, 1.82) is 0 Å². The number of hydrogen-bond donors (Lipinski definition) is 3. The van der Waals surface area contributed by atoms with E-state index >= 15 is 0 Å². The van der Waals surface area contributed by atoms with E-state index < -0.39 is 12.0 Å². The lowest BCUT2D eigenvalue weighted by Gasteiger charge is -2.23. The number of carbonyl (C=O) groups excluding carboxylic acids is 1. The van der Waals surface area contributed by atoms with Crippen LogP contribution in [0.4, 0.5) is 5.82 Å². The molecule has 0 radical (unpaired) electrons. The quantitative estimate of drug-likeness (QED) is 0.767. The Hall–Kier alpha value is -2.11. The van der Waals surface area contributed by atoms with Crippen molar-refractivity contribution in [3.8, 4) is 0 Å². The van der Waals surface area contributed by atoms with Crippen LogP contribution < -0.4 is 10.6 Å². The molecule has 0 saturated heterocycles. The summed E-state index contributed by atoms with van der Waals surface area (Å²) in [5, 5.41) is 14.5. The highest BCUT2D eigenvalue weighted by Gasteiger charge is 2.19. The van der Waals surface area contributed by atoms with Crippen LogP contribution in [-0.4, -0.2) is 33.5 Å². The Kier molecular flexibility index (Phi) is 4.47. The van der Waals surface area contributed by atoms with E-state index in [1.54, 1.807) is 6.92 Å². The standard InChI is InChI=1S/C13H19N3O3/c1-8(11(17)16-13(2,3)4)15-10-6-5-9(7-14-10)12(18)19/h5-8H,1-4H3,(H,14,15)(H,16,17)(H,18,19). The van der Waals surface area contributed by atoms with Gasteiger partial charge in [-0.2, -0.15) is 0 Å². The molecule has 0 fully saturated rings. The maximum absolute atomic E-state index is 11.8. The number of hydrogen-bond acceptors (Lipinski definition) is 4. The molecule has 0 aliphatic rings. The number of nitrogens with zero attached hydrogens (tertiary/aromatic N) is 1. The summed E-state index contributed by atoms with van der Waals surface area (Å²) < 4.78 is 0. The number of carbonyl (C=O) groups is 2. The first-order valence-electron chi connectivity index (χ1n) is 5.97. The minimum atomic E-state index is -1.03. The van der Waals surface area contributed by atoms with Gasteiger partial charge in [0.2, 0.25) is 5.91 Å². The number of nitrogens with one attached hydrogen (secondary N) is 2. The van der Waals surface area contributed by atoms with Gasteiger partial charge in [-0.1, -0.05) is 0 Å². The molecule has 19 heavy (non-hydrogen) atoms. The van der Waals surface area contributed by atoms with Crippen LogP contribution in [0, 0.1) is 0 Å². The molecule has 3 N–H and O–H groups in total. The van der Waals surface area contributed by atoms with Crippen molar-refractivity contribution in [3.05, 3.63) is 23.9 Å². The molecule has 0 aromatic carbocycles. The second-order valence-electron chi connectivity index (χ2n) is 5.34. The summed E-state index contributed by atoms with van der Waals surface area (Å²) in [6.07, 6.45) is 1.25. The maximum Gasteiger partial charge on any atom is 0.337 e. The molecule has 0 bridgehead atoms. The van der Waals surface area contributed by atoms with Crippen LogP contribution in [0.2, 0.25) is 0 Å². The number of carboxylic acid groups (broad SMARTS) is 1. The number of anilines is 1. The summed E-state index contributed by atoms with van der Waals surface area (Å²) in [6, 6.07) is 2.51. The van der Waals surface area contributed by atoms with E-state index in [2.05, 4.69) is 15.6 Å². The average molecular weight is 265 g/mol. The number of pyridine rings is 1. The molecule has 1 aromatic rings. The van der Waals surface area contributed by atoms with Crippen molar-refractivity contribution < 1.29 is 14.7 Å². The van der Waals surface area contributed by atoms with Crippen LogP contribution in [-0.2, 0) is 4.79 Å². The van der Waals surface area contributed by atoms with E-state index in [1.807, 2.05) is 20.8 Å². The van der Waals surface area contributed by atoms with Crippen LogP contribution in [0.15, 0.2) is 18.3 Å². The van der Waals surface area contributed by atoms with Gasteiger partial charge in [-0.15, -0.1) is 0 Å². The first-order valence-corrected chi connectivity index (χ1v) is 5.97. The highest BCUT2D eigenvalue weighted by atomic mass is 16.4. The molecule has 0 saturated carbocycles. The van der Waals surface area contributed by atoms with E-state index in [0.717, 1.165) is 0 Å². The summed E-state index contributed by atoms with van der Waals surface area (Å²) >= 11 is 0. The van der Waals surface area contributed by atoms with Gasteiger partial charge in [-0.3, -0.25) is 4.79 Å². The molecule has 1 heterocycles. The number of carboxylic acids is 1. The summed E-state index contributed by atoms with van der Waals surface area (Å²) in [4.78, 5) is 26.5. The molecule has 0 aliphatic carbocycles. The topological polar surface area (TPSA) is 91.3 Å². The zero-order valence-corrected chi connectivity index (χ0v) is 11.5. The molecule has 0 spiro atoms. The fourth-order valence-electron chi connectivity index (χ4n) is 1.37. The maximum atomic E-state index is 11.8. The van der Waals surface area contributed by atoms with Crippen molar-refractivity contribution in [3.63, 3.8) is 0 Å². The number of aromatic nitrogens is 1. The molecule has 1 unspecified atom stereocenters. The first-order chi connectivity index (χ1) is 8.69. The SMILES string of the molecule is CC(Nc1ccc(C(=O)O)cn1)C(=O)NC(C)(C)C. The van der Waals surface area contributed by atoms with Crippen molar-refractivity contribution in [2.75, 3.05) is 5.32 Å². The Bertz CT molecular complexity index is 463. The molecule has 1 aromatic heterocycles. The van der Waals surface area contributed by atoms with Crippen LogP contribution in [0.5, 0.6) is 0 Å². The zero-order valence-electron chi connectivity index (χ0n) is 11.5. The molecular formula is C13H19N3O3. The van der Waals surface area contributed by atoms with Gasteiger partial charge in [0.25, 0.3) is 0 Å². The van der Waals surface area contributed by atoms with Gasteiger partial charge in [0.05, 0.1) is 5.56 Å². The van der Waals surface area contributed by atoms with E-state index in [4.69, 9.17) is 5.11 Å². The third-order valence-corrected chi connectivity index (χ3v) is 2.27. The Balaban J connectivity index is 2.64. The van der Waals surface area contributed by atoms with Crippen molar-refractivity contribution in [2.24, 2.45) is 0 Å². The number of amides is 1. The molecule has 1 atom stereocenters. The largest absolute Gasteiger partial charge is 0.478 e. The van der Waals surface area contributed by atoms with Gasteiger partial charge in [-0.05, 0) is 39.8 Å². The average Bonchev–Trinajstić information content (AvgIpc) is 2.27. The van der Waals surface area contributed by atoms with Gasteiger partial charge in [0.1, 0.15) is 11.9 Å². The van der Waals surface area contributed by atoms with Crippen LogP contribution in [0.3, 0.4) is 0 Å². The van der Waals surface area contributed by atoms with Gasteiger partial charge in [0.15, 0.2) is 0 Å². The highest BCUT2D eigenvalue weighted by Crippen LogP contribution is 2.07. The number of aromatic carboxylic acids is 1. The van der Waals surface area contributed by atoms with Crippen molar-refractivity contribution in [2.45, 2.75) is 39.3 Å². The van der Waals surface area contributed by atoms with E-state index in [-0.39, 0.29) is 17.0 Å². The normalized spacial score (nSPS) is 12.6. The molecular weight excluding hydrogens is 246 g/mol. The lowest BCUT2D eigenvalue weighted by Crippen LogP contribution is -2.47. The summed E-state index contributed by atoms with van der Waals surface area (Å²) in [5.41, 5.74) is -0.189. The van der Waals surface area contributed by atoms with E-state index in [9.17, 15) is 9.59 Å². The van der Waals surface area contributed by atoms with Gasteiger partial charge >= 0.3 is 5.97 Å². The first kappa shape index (κ1) is 14.9. The molecule has 104 valence electrons. The Morgan fingerprint density at radius 3 is 2.37 bits per heavy atom. The fourth-order valence-corrected chi connectivity index (χ4v) is 1.37. The van der Waals surface area contributed by atoms with E-state index in [1.165, 1.54) is 18.3 Å². The van der Waals surface area contributed by atoms with Crippen molar-refractivity contribution in [1.82, 2.24) is 10.3 Å². The summed E-state index contributed by atoms with van der Waals surface area (Å²) in [7, 11) is 0. The molecule has 0 aliphatic heterocycles. The Labute approximate surface area is 112 Å². The minimum Gasteiger partial charge on any atom is -0.478 e. The van der Waals surface area contributed by atoms with Gasteiger partial charge in [0, 0.05) is 11.7 Å². The minimum absolute atomic E-state index is 0.109. The van der Waals surface area contributed by atoms with Crippen molar-refractivity contribution >= 4 is 17.7 Å². The van der Waals surface area contributed by atoms with Crippen LogP contribution in [0.1, 0.15) is 38.1 Å². The third kappa shape index (κ3) is 4.95. The summed E-state index contributed by atoms with van der Waals surface area (Å²) in [5.74, 6) is -0.712. The number of rotatable bonds is 4. The lowest BCUT2D eigenvalue weighted by molar-refractivity contribution is -0.122. The lowest BCUT2D eigenvalue weighted by atomic mass is 10.1. The van der Waals surface area contributed by atoms with Crippen LogP contribution in [0.25, 0.3) is 0 Å². The second kappa shape index (κ2) is 5.69. The molecule has 6 heteroatoms. The fraction of sp³-hybridized carbons (Fsp3) is 0.462. The third-order valence-electron chi connectivity index (χ3n) is 2.27. The Morgan fingerprint density at radius 2 is 1.95 bits per heavy atom. The van der Waals surface area contributed by atoms with Crippen LogP contribution >= 0.6 is 0 Å². The van der Waals surface area contributed by atoms with Gasteiger partial charge in [-0.25, -0.2) is 9.78 Å². The predicted octanol–water partition coefficient (Wildman–Crippen LogP) is 1.49. The molecule has 6 nitrogen and oxygen atoms in total. The monoisotopic (exact) mass is 265 g/mol.